The predicted octanol–water partition coefficient (Wildman–Crippen LogP) is 2.74. The number of amides is 1. The third kappa shape index (κ3) is 3.95. The third-order valence-corrected chi connectivity index (χ3v) is 4.98. The van der Waals surface area contributed by atoms with Gasteiger partial charge in [-0.1, -0.05) is 43.2 Å². The standard InChI is InChI=1S/C21H23N3O3/c25-17-10-5-4-9-16(17)23-21(26)19-14-24(13-15-7-2-1-3-8-15)20-18(27-19)11-6-12-22-20/h1-3,6-8,11-12,14,16-17,25H,4-5,9-10,13H2,(H,23,26)/t16-,17-/m0/s1. The van der Waals surface area contributed by atoms with Gasteiger partial charge in [-0.05, 0) is 30.5 Å². The molecule has 0 bridgehead atoms. The van der Waals surface area contributed by atoms with Gasteiger partial charge in [-0.3, -0.25) is 4.79 Å². The maximum Gasteiger partial charge on any atom is 0.288 e. The highest BCUT2D eigenvalue weighted by Gasteiger charge is 2.29. The molecule has 2 aliphatic rings. The Morgan fingerprint density at radius 1 is 1.19 bits per heavy atom. The highest BCUT2D eigenvalue weighted by molar-refractivity contribution is 5.93. The minimum absolute atomic E-state index is 0.212. The summed E-state index contributed by atoms with van der Waals surface area (Å²) in [7, 11) is 0. The molecule has 0 saturated heterocycles. The number of nitrogens with one attached hydrogen (secondary N) is 1. The van der Waals surface area contributed by atoms with Crippen LogP contribution < -0.4 is 15.0 Å². The van der Waals surface area contributed by atoms with Crippen molar-refractivity contribution in [2.45, 2.75) is 44.4 Å². The lowest BCUT2D eigenvalue weighted by Gasteiger charge is -2.30. The summed E-state index contributed by atoms with van der Waals surface area (Å²) in [6.45, 7) is 0.580. The number of ether oxygens (including phenoxy) is 1. The van der Waals surface area contributed by atoms with Crippen molar-refractivity contribution in [3.8, 4) is 5.75 Å². The van der Waals surface area contributed by atoms with E-state index in [1.807, 2.05) is 35.2 Å². The van der Waals surface area contributed by atoms with Crippen LogP contribution >= 0.6 is 0 Å². The van der Waals surface area contributed by atoms with E-state index >= 15 is 0 Å². The van der Waals surface area contributed by atoms with Gasteiger partial charge in [0.25, 0.3) is 5.91 Å². The van der Waals surface area contributed by atoms with Gasteiger partial charge in [-0.15, -0.1) is 0 Å². The third-order valence-electron chi connectivity index (χ3n) is 4.98. The van der Waals surface area contributed by atoms with E-state index < -0.39 is 6.10 Å². The second kappa shape index (κ2) is 7.80. The molecule has 2 N–H and O–H groups in total. The first-order valence-electron chi connectivity index (χ1n) is 9.35. The van der Waals surface area contributed by atoms with E-state index in [-0.39, 0.29) is 17.7 Å². The van der Waals surface area contributed by atoms with Gasteiger partial charge < -0.3 is 20.1 Å². The SMILES string of the molecule is O=C(N[C@H]1CCCC[C@@H]1O)C1=CN(Cc2ccccc2)c2ncccc2O1. The van der Waals surface area contributed by atoms with Gasteiger partial charge in [0, 0.05) is 12.7 Å². The summed E-state index contributed by atoms with van der Waals surface area (Å²) < 4.78 is 5.80. The van der Waals surface area contributed by atoms with Gasteiger partial charge in [-0.2, -0.15) is 0 Å². The molecular formula is C21H23N3O3. The first kappa shape index (κ1) is 17.5. The summed E-state index contributed by atoms with van der Waals surface area (Å²) in [4.78, 5) is 19.1. The average Bonchev–Trinajstić information content (AvgIpc) is 2.70. The van der Waals surface area contributed by atoms with Crippen LogP contribution in [0.25, 0.3) is 0 Å². The molecule has 0 radical (unpaired) electrons. The summed E-state index contributed by atoms with van der Waals surface area (Å²) in [5.74, 6) is 1.12. The molecule has 1 fully saturated rings. The zero-order valence-electron chi connectivity index (χ0n) is 15.0. The van der Waals surface area contributed by atoms with Crippen LogP contribution in [0.15, 0.2) is 60.6 Å². The molecule has 0 spiro atoms. The van der Waals surface area contributed by atoms with Crippen LogP contribution in [0.2, 0.25) is 0 Å². The summed E-state index contributed by atoms with van der Waals surface area (Å²) in [6, 6.07) is 13.4. The van der Waals surface area contributed by atoms with Crippen molar-refractivity contribution in [3.63, 3.8) is 0 Å². The summed E-state index contributed by atoms with van der Waals surface area (Å²) >= 11 is 0. The fraction of sp³-hybridized carbons (Fsp3) is 0.333. The Morgan fingerprint density at radius 3 is 2.81 bits per heavy atom. The molecule has 6 heteroatoms. The average molecular weight is 365 g/mol. The maximum atomic E-state index is 12.8. The van der Waals surface area contributed by atoms with E-state index in [2.05, 4.69) is 10.3 Å². The van der Waals surface area contributed by atoms with Gasteiger partial charge in [0.2, 0.25) is 5.76 Å². The molecule has 4 rings (SSSR count). The van der Waals surface area contributed by atoms with E-state index in [4.69, 9.17) is 4.74 Å². The van der Waals surface area contributed by atoms with E-state index in [1.165, 1.54) is 0 Å². The number of pyridine rings is 1. The number of anilines is 1. The molecule has 1 saturated carbocycles. The Hall–Kier alpha value is -2.86. The normalized spacial score (nSPS) is 21.7. The molecule has 140 valence electrons. The lowest BCUT2D eigenvalue weighted by atomic mass is 9.92. The monoisotopic (exact) mass is 365 g/mol. The lowest BCUT2D eigenvalue weighted by Crippen LogP contribution is -2.46. The quantitative estimate of drug-likeness (QED) is 0.871. The van der Waals surface area contributed by atoms with Gasteiger partial charge in [0.05, 0.1) is 18.3 Å². The molecule has 1 aliphatic heterocycles. The van der Waals surface area contributed by atoms with Crippen LogP contribution in [0, 0.1) is 0 Å². The van der Waals surface area contributed by atoms with Crippen molar-refractivity contribution in [1.29, 1.82) is 0 Å². The predicted molar refractivity (Wildman–Crippen MR) is 102 cm³/mol. The number of carbonyl (C=O) groups excluding carboxylic acids is 1. The lowest BCUT2D eigenvalue weighted by molar-refractivity contribution is -0.121. The second-order valence-electron chi connectivity index (χ2n) is 6.97. The molecular weight excluding hydrogens is 342 g/mol. The topological polar surface area (TPSA) is 74.7 Å². The van der Waals surface area contributed by atoms with Crippen LogP contribution in [-0.2, 0) is 11.3 Å². The van der Waals surface area contributed by atoms with Gasteiger partial charge in [0.1, 0.15) is 0 Å². The highest BCUT2D eigenvalue weighted by Crippen LogP contribution is 2.33. The molecule has 1 aliphatic carbocycles. The van der Waals surface area contributed by atoms with Gasteiger partial charge >= 0.3 is 0 Å². The number of carbonyl (C=O) groups is 1. The Balaban J connectivity index is 1.56. The molecule has 2 heterocycles. The minimum Gasteiger partial charge on any atom is -0.446 e. The zero-order chi connectivity index (χ0) is 18.6. The number of fused-ring (bicyclic) bond motifs is 1. The number of benzene rings is 1. The fourth-order valence-corrected chi connectivity index (χ4v) is 3.55. The number of aliphatic hydroxyl groups is 1. The van der Waals surface area contributed by atoms with E-state index in [0.717, 1.165) is 31.2 Å². The zero-order valence-corrected chi connectivity index (χ0v) is 15.0. The van der Waals surface area contributed by atoms with Crippen LogP contribution in [0.4, 0.5) is 5.82 Å². The van der Waals surface area contributed by atoms with Crippen LogP contribution in [0.1, 0.15) is 31.2 Å². The van der Waals surface area contributed by atoms with E-state index in [1.54, 1.807) is 24.5 Å². The number of hydrogen-bond donors (Lipinski definition) is 2. The smallest absolute Gasteiger partial charge is 0.288 e. The molecule has 2 atom stereocenters. The number of hydrogen-bond acceptors (Lipinski definition) is 5. The largest absolute Gasteiger partial charge is 0.446 e. The van der Waals surface area contributed by atoms with Gasteiger partial charge in [0.15, 0.2) is 11.6 Å². The Morgan fingerprint density at radius 2 is 2.00 bits per heavy atom. The van der Waals surface area contributed by atoms with Crippen molar-refractivity contribution in [3.05, 3.63) is 66.2 Å². The second-order valence-corrected chi connectivity index (χ2v) is 6.97. The number of nitrogens with zero attached hydrogens (tertiary/aromatic N) is 2. The van der Waals surface area contributed by atoms with Crippen molar-refractivity contribution < 1.29 is 14.6 Å². The number of rotatable bonds is 4. The van der Waals surface area contributed by atoms with Crippen molar-refractivity contribution in [2.75, 3.05) is 4.90 Å². The Bertz CT molecular complexity index is 838. The molecule has 1 amide bonds. The maximum absolute atomic E-state index is 12.8. The molecule has 1 aromatic heterocycles. The highest BCUT2D eigenvalue weighted by atomic mass is 16.5. The molecule has 27 heavy (non-hydrogen) atoms. The van der Waals surface area contributed by atoms with Crippen LogP contribution in [-0.4, -0.2) is 28.1 Å². The summed E-state index contributed by atoms with van der Waals surface area (Å²) in [5.41, 5.74) is 1.11. The molecule has 0 unspecified atom stereocenters. The Labute approximate surface area is 158 Å². The minimum atomic E-state index is -0.499. The van der Waals surface area contributed by atoms with Crippen LogP contribution in [0.3, 0.4) is 0 Å². The summed E-state index contributed by atoms with van der Waals surface area (Å²) in [6.07, 6.45) is 6.40. The van der Waals surface area contributed by atoms with Crippen LogP contribution in [0.5, 0.6) is 5.75 Å². The first-order chi connectivity index (χ1) is 13.2. The van der Waals surface area contributed by atoms with Crippen molar-refractivity contribution >= 4 is 11.7 Å². The van der Waals surface area contributed by atoms with Crippen molar-refractivity contribution in [2.24, 2.45) is 0 Å². The number of aliphatic hydroxyl groups excluding tert-OH is 1. The first-order valence-corrected chi connectivity index (χ1v) is 9.35. The Kier molecular flexibility index (Phi) is 5.07. The fourth-order valence-electron chi connectivity index (χ4n) is 3.55. The molecule has 2 aromatic rings. The molecule has 1 aromatic carbocycles. The van der Waals surface area contributed by atoms with Gasteiger partial charge in [-0.25, -0.2) is 4.98 Å². The summed E-state index contributed by atoms with van der Waals surface area (Å²) in [5, 5.41) is 13.0. The van der Waals surface area contributed by atoms with E-state index in [0.29, 0.717) is 18.1 Å². The van der Waals surface area contributed by atoms with Crippen molar-refractivity contribution in [1.82, 2.24) is 10.3 Å². The molecule has 6 nitrogen and oxygen atoms in total. The number of aromatic nitrogens is 1. The van der Waals surface area contributed by atoms with E-state index in [9.17, 15) is 9.90 Å².